The first-order chi connectivity index (χ1) is 18.0. The second-order valence-corrected chi connectivity index (χ2v) is 8.07. The van der Waals surface area contributed by atoms with Crippen LogP contribution < -0.4 is 0 Å². The van der Waals surface area contributed by atoms with Crippen LogP contribution in [0.3, 0.4) is 0 Å². The first-order valence-electron chi connectivity index (χ1n) is 11.1. The van der Waals surface area contributed by atoms with Crippen molar-refractivity contribution in [2.45, 2.75) is 0 Å². The van der Waals surface area contributed by atoms with Crippen LogP contribution >= 0.6 is 0 Å². The molecule has 0 fully saturated rings. The van der Waals surface area contributed by atoms with Gasteiger partial charge < -0.3 is 19.2 Å². The third-order valence-corrected chi connectivity index (χ3v) is 4.83. The molecule has 0 radical (unpaired) electrons. The van der Waals surface area contributed by atoms with E-state index in [9.17, 15) is 19.2 Å². The van der Waals surface area contributed by atoms with E-state index in [-0.39, 0.29) is 23.1 Å². The van der Waals surface area contributed by atoms with Crippen molar-refractivity contribution in [3.63, 3.8) is 0 Å². The molecule has 0 spiro atoms. The summed E-state index contributed by atoms with van der Waals surface area (Å²) in [7, 11) is 0. The molecule has 7 heteroatoms. The van der Waals surface area contributed by atoms with Crippen molar-refractivity contribution in [1.29, 1.82) is 0 Å². The van der Waals surface area contributed by atoms with E-state index in [1.165, 1.54) is 12.8 Å². The molecule has 37 heavy (non-hydrogen) atoms. The molecule has 0 atom stereocenters. The second-order valence-electron chi connectivity index (χ2n) is 7.38. The average Bonchev–Trinajstić information content (AvgIpc) is 2.95. The van der Waals surface area contributed by atoms with E-state index in [2.05, 4.69) is 0 Å². The van der Waals surface area contributed by atoms with Gasteiger partial charge in [-0.2, -0.15) is 0 Å². The van der Waals surface area contributed by atoms with E-state index in [1.807, 2.05) is 72.8 Å². The predicted molar refractivity (Wildman–Crippen MR) is 140 cm³/mol. The van der Waals surface area contributed by atoms with Crippen LogP contribution in [0, 0.1) is 40.7 Å². The van der Waals surface area contributed by atoms with Gasteiger partial charge in [0.1, 0.15) is 0 Å². The van der Waals surface area contributed by atoms with Gasteiger partial charge >= 0.3 is 32.3 Å². The van der Waals surface area contributed by atoms with Gasteiger partial charge in [-0.1, -0.05) is 72.8 Å². The molecule has 0 saturated carbocycles. The Labute approximate surface area is 230 Å². The van der Waals surface area contributed by atoms with Crippen molar-refractivity contribution < 1.29 is 51.5 Å². The summed E-state index contributed by atoms with van der Waals surface area (Å²) in [6.45, 7) is 0. The van der Waals surface area contributed by atoms with E-state index in [1.54, 1.807) is 48.5 Å². The van der Waals surface area contributed by atoms with Crippen molar-refractivity contribution in [3.05, 3.63) is 156 Å². The van der Waals surface area contributed by atoms with Gasteiger partial charge in [0, 0.05) is 12.8 Å². The quantitative estimate of drug-likeness (QED) is 0.115. The molecule has 4 aromatic carbocycles. The van der Waals surface area contributed by atoms with Crippen molar-refractivity contribution in [1.82, 2.24) is 0 Å². The Morgan fingerprint density at radius 1 is 0.405 bits per heavy atom. The minimum absolute atomic E-state index is 0.0481. The van der Waals surface area contributed by atoms with Crippen molar-refractivity contribution in [2.24, 2.45) is 0 Å². The topological polar surface area (TPSA) is 120 Å². The monoisotopic (exact) mass is 720 g/mol. The Kier molecular flexibility index (Phi) is 13.1. The van der Waals surface area contributed by atoms with Gasteiger partial charge in [-0.05, 0) is 22.3 Å². The van der Waals surface area contributed by atoms with Crippen LogP contribution in [0.15, 0.2) is 121 Å². The molecule has 0 aliphatic heterocycles. The van der Waals surface area contributed by atoms with E-state index < -0.39 is 27.8 Å². The summed E-state index contributed by atoms with van der Waals surface area (Å²) in [6, 6.07) is 36.4. The number of hydrogen-bond donors (Lipinski definition) is 0. The fourth-order valence-corrected chi connectivity index (χ4v) is 3.03. The summed E-state index contributed by atoms with van der Waals surface area (Å²) in [5.74, 6) is 0.192. The van der Waals surface area contributed by atoms with Crippen molar-refractivity contribution in [2.75, 3.05) is 0 Å². The summed E-state index contributed by atoms with van der Waals surface area (Å²) in [5.41, 5.74) is 2.70. The van der Waals surface area contributed by atoms with Crippen LogP contribution in [0.2, 0.25) is 0 Å². The summed E-state index contributed by atoms with van der Waals surface area (Å²) >= 11 is -2.51. The number of carbonyl (C=O) groups excluding carboxylic acids is 4. The fraction of sp³-hybridized carbons (Fsp3) is 0. The van der Waals surface area contributed by atoms with E-state index >= 15 is 0 Å². The maximum atomic E-state index is 9.83. The molecule has 4 aromatic rings. The molecule has 0 saturated heterocycles. The zero-order chi connectivity index (χ0) is 26.9. The Morgan fingerprint density at radius 3 is 0.730 bits per heavy atom. The zero-order valence-electron chi connectivity index (χ0n) is 19.8. The Hall–Kier alpha value is -4.05. The Bertz CT molecular complexity index is 1130. The second kappa shape index (κ2) is 16.6. The molecule has 0 aromatic heterocycles. The summed E-state index contributed by atoms with van der Waals surface area (Å²) in [6.07, 6.45) is 2.70. The number of ketones is 4. The fourth-order valence-electron chi connectivity index (χ4n) is 3.03. The third kappa shape index (κ3) is 10.6. The van der Waals surface area contributed by atoms with Gasteiger partial charge in [-0.15, -0.1) is 48.5 Å². The SMILES string of the molecule is [OH+]=C([CH-]C(=[OH+])c1ccccc1)c1ccccc1.[OH+]=C([CH-]C(=[OH+])c1ccccc1)c1ccccc1.[O]=[U+2]=[O]. The van der Waals surface area contributed by atoms with Gasteiger partial charge in [-0.25, -0.2) is 0 Å². The maximum absolute atomic E-state index is 9.83. The van der Waals surface area contributed by atoms with Crippen LogP contribution in [0.5, 0.6) is 0 Å². The van der Waals surface area contributed by atoms with Gasteiger partial charge in [0.2, 0.25) is 0 Å². The number of rotatable bonds is 8. The molecule has 6 nitrogen and oxygen atoms in total. The zero-order valence-corrected chi connectivity index (χ0v) is 24.0. The summed E-state index contributed by atoms with van der Waals surface area (Å²) in [5, 5.41) is 0. The van der Waals surface area contributed by atoms with Crippen LogP contribution in [-0.4, -0.2) is 42.3 Å². The Balaban J connectivity index is 0.000000235. The van der Waals surface area contributed by atoms with Gasteiger partial charge in [0.25, 0.3) is 23.1 Å². The molecule has 0 unspecified atom stereocenters. The Morgan fingerprint density at radius 2 is 0.568 bits per heavy atom. The van der Waals surface area contributed by atoms with E-state index in [0.717, 1.165) is 0 Å². The summed E-state index contributed by atoms with van der Waals surface area (Å²) in [4.78, 5) is 39.3. The van der Waals surface area contributed by atoms with Crippen LogP contribution in [0.1, 0.15) is 22.3 Å². The first-order valence-corrected chi connectivity index (χ1v) is 14.5. The molecular formula is C30H26O6U+4. The van der Waals surface area contributed by atoms with E-state index in [4.69, 9.17) is 4.47 Å². The van der Waals surface area contributed by atoms with Crippen molar-refractivity contribution >= 4 is 23.1 Å². The summed E-state index contributed by atoms with van der Waals surface area (Å²) < 4.78 is 17.2. The number of benzene rings is 4. The molecule has 4 N–H and O–H groups in total. The van der Waals surface area contributed by atoms with Crippen molar-refractivity contribution in [3.8, 4) is 0 Å². The average molecular weight is 721 g/mol. The molecule has 182 valence electrons. The molecule has 0 amide bonds. The minimum atomic E-state index is -2.51. The van der Waals surface area contributed by atoms with Crippen LogP contribution in [0.25, 0.3) is 0 Å². The third-order valence-electron chi connectivity index (χ3n) is 4.83. The van der Waals surface area contributed by atoms with Gasteiger partial charge in [0.15, 0.2) is 0 Å². The molecule has 0 bridgehead atoms. The van der Waals surface area contributed by atoms with Gasteiger partial charge in [-0.3, -0.25) is 0 Å². The molecule has 4 rings (SSSR count). The predicted octanol–water partition coefficient (Wildman–Crippen LogP) is 4.52. The first kappa shape index (κ1) is 29.2. The van der Waals surface area contributed by atoms with E-state index in [0.29, 0.717) is 22.3 Å². The number of hydrogen-bond acceptors (Lipinski definition) is 2. The molecular weight excluding hydrogens is 694 g/mol. The molecule has 0 heterocycles. The van der Waals surface area contributed by atoms with Crippen LogP contribution in [-0.2, 0) is 4.47 Å². The molecule has 0 aliphatic rings. The van der Waals surface area contributed by atoms with Gasteiger partial charge in [0.05, 0.1) is 0 Å². The normalized spacial score (nSPS) is 9.08. The standard InChI is InChI=1S/2C15H11O2.2O.U/c2*16-14(12-7-3-1-4-8-12)11-15(17)13-9-5-2-6-10-13;;;/h2*1-11H;;;/q2*-1;;;+2/p+4. The molecule has 0 aliphatic carbocycles. The van der Waals surface area contributed by atoms with Crippen LogP contribution in [0.4, 0.5) is 0 Å².